The van der Waals surface area contributed by atoms with Crippen LogP contribution in [0.3, 0.4) is 0 Å². The van der Waals surface area contributed by atoms with Gasteiger partial charge < -0.3 is 0 Å². The summed E-state index contributed by atoms with van der Waals surface area (Å²) in [5.74, 6) is 0.144. The van der Waals surface area contributed by atoms with Gasteiger partial charge in [0, 0.05) is 10.9 Å². The number of pyridine rings is 1. The van der Waals surface area contributed by atoms with Gasteiger partial charge >= 0.3 is 0 Å². The highest BCUT2D eigenvalue weighted by Gasteiger charge is 2.30. The Morgan fingerprint density at radius 3 is 2.36 bits per heavy atom. The van der Waals surface area contributed by atoms with Crippen molar-refractivity contribution in [3.05, 3.63) is 78.0 Å². The highest BCUT2D eigenvalue weighted by atomic mass is 16.1. The summed E-state index contributed by atoms with van der Waals surface area (Å²) in [5.41, 5.74) is 2.56. The maximum atomic E-state index is 13.3. The van der Waals surface area contributed by atoms with Gasteiger partial charge in [0.05, 0.1) is 11.2 Å². The zero-order valence-corrected chi connectivity index (χ0v) is 14.3. The monoisotopic (exact) mass is 330 g/mol. The molecule has 2 heterocycles. The van der Waals surface area contributed by atoms with Crippen molar-refractivity contribution in [2.24, 2.45) is 0 Å². The van der Waals surface area contributed by atoms with E-state index in [2.05, 4.69) is 17.0 Å². The summed E-state index contributed by atoms with van der Waals surface area (Å²) in [5, 5.41) is 1.11. The first-order valence-electron chi connectivity index (χ1n) is 9.02. The van der Waals surface area contributed by atoms with Crippen molar-refractivity contribution >= 4 is 16.7 Å². The Morgan fingerprint density at radius 2 is 1.56 bits per heavy atom. The first kappa shape index (κ1) is 16.0. The van der Waals surface area contributed by atoms with Crippen LogP contribution in [0.25, 0.3) is 10.9 Å². The zero-order valence-electron chi connectivity index (χ0n) is 14.3. The van der Waals surface area contributed by atoms with E-state index in [9.17, 15) is 4.79 Å². The van der Waals surface area contributed by atoms with Gasteiger partial charge in [-0.3, -0.25) is 14.7 Å². The molecular weight excluding hydrogens is 308 g/mol. The fraction of sp³-hybridized carbons (Fsp3) is 0.273. The van der Waals surface area contributed by atoms with Crippen molar-refractivity contribution in [3.8, 4) is 0 Å². The van der Waals surface area contributed by atoms with E-state index in [1.54, 1.807) is 0 Å². The number of likely N-dealkylation sites (tertiary alicyclic amines) is 1. The van der Waals surface area contributed by atoms with Crippen LogP contribution >= 0.6 is 0 Å². The van der Waals surface area contributed by atoms with Gasteiger partial charge in [-0.05, 0) is 38.1 Å². The van der Waals surface area contributed by atoms with E-state index in [1.165, 1.54) is 6.42 Å². The van der Waals surface area contributed by atoms with Crippen LogP contribution in [0, 0.1) is 0 Å². The highest BCUT2D eigenvalue weighted by Crippen LogP contribution is 2.28. The topological polar surface area (TPSA) is 33.2 Å². The molecule has 0 radical (unpaired) electrons. The van der Waals surface area contributed by atoms with Crippen LogP contribution in [0.5, 0.6) is 0 Å². The first-order valence-corrected chi connectivity index (χ1v) is 9.02. The van der Waals surface area contributed by atoms with Gasteiger partial charge in [-0.1, -0.05) is 61.0 Å². The Bertz CT molecular complexity index is 869. The fourth-order valence-electron chi connectivity index (χ4n) is 3.66. The summed E-state index contributed by atoms with van der Waals surface area (Å²) in [6.45, 7) is 1.91. The largest absolute Gasteiger partial charge is 0.292 e. The van der Waals surface area contributed by atoms with Crippen molar-refractivity contribution in [2.75, 3.05) is 13.1 Å². The number of rotatable bonds is 4. The van der Waals surface area contributed by atoms with E-state index in [1.807, 2.05) is 54.6 Å². The third-order valence-electron chi connectivity index (χ3n) is 4.96. The minimum atomic E-state index is -0.299. The maximum Gasteiger partial charge on any atom is 0.186 e. The SMILES string of the molecule is O=C(c1ccccc1)C(c1ccc2ccccc2n1)N1CCCCC1. The number of ketones is 1. The summed E-state index contributed by atoms with van der Waals surface area (Å²) >= 11 is 0. The van der Waals surface area contributed by atoms with Crippen LogP contribution < -0.4 is 0 Å². The summed E-state index contributed by atoms with van der Waals surface area (Å²) in [7, 11) is 0. The van der Waals surface area contributed by atoms with E-state index in [0.717, 1.165) is 48.1 Å². The number of carbonyl (C=O) groups is 1. The Morgan fingerprint density at radius 1 is 0.840 bits per heavy atom. The lowest BCUT2D eigenvalue weighted by molar-refractivity contribution is 0.0777. The molecule has 3 aromatic rings. The predicted octanol–water partition coefficient (Wildman–Crippen LogP) is 4.64. The van der Waals surface area contributed by atoms with E-state index in [-0.39, 0.29) is 11.8 Å². The number of aromatic nitrogens is 1. The average molecular weight is 330 g/mol. The van der Waals surface area contributed by atoms with Crippen molar-refractivity contribution in [1.29, 1.82) is 0 Å². The van der Waals surface area contributed by atoms with Crippen LogP contribution in [0.4, 0.5) is 0 Å². The van der Waals surface area contributed by atoms with Crippen LogP contribution in [0.15, 0.2) is 66.7 Å². The smallest absolute Gasteiger partial charge is 0.186 e. The highest BCUT2D eigenvalue weighted by molar-refractivity contribution is 6.00. The van der Waals surface area contributed by atoms with Crippen molar-refractivity contribution in [2.45, 2.75) is 25.3 Å². The molecule has 1 aromatic heterocycles. The molecule has 3 heteroatoms. The second-order valence-corrected chi connectivity index (χ2v) is 6.66. The molecule has 0 amide bonds. The minimum absolute atomic E-state index is 0.144. The number of carbonyl (C=O) groups excluding carboxylic acids is 1. The normalized spacial score (nSPS) is 16.6. The molecular formula is C22H22N2O. The molecule has 1 atom stereocenters. The van der Waals surface area contributed by atoms with Gasteiger partial charge in [0.25, 0.3) is 0 Å². The molecule has 126 valence electrons. The lowest BCUT2D eigenvalue weighted by Gasteiger charge is -2.33. The summed E-state index contributed by atoms with van der Waals surface area (Å²) in [6, 6.07) is 21.5. The van der Waals surface area contributed by atoms with Crippen LogP contribution in [0.2, 0.25) is 0 Å². The van der Waals surface area contributed by atoms with Gasteiger partial charge in [-0.15, -0.1) is 0 Å². The van der Waals surface area contributed by atoms with Gasteiger partial charge in [0.15, 0.2) is 5.78 Å². The summed E-state index contributed by atoms with van der Waals surface area (Å²) < 4.78 is 0. The minimum Gasteiger partial charge on any atom is -0.292 e. The molecule has 0 N–H and O–H groups in total. The summed E-state index contributed by atoms with van der Waals surface area (Å²) in [6.07, 6.45) is 3.53. The molecule has 2 aromatic carbocycles. The number of benzene rings is 2. The molecule has 0 spiro atoms. The third kappa shape index (κ3) is 3.33. The van der Waals surface area contributed by atoms with Gasteiger partial charge in [0.1, 0.15) is 6.04 Å². The predicted molar refractivity (Wildman–Crippen MR) is 101 cm³/mol. The molecule has 0 bridgehead atoms. The molecule has 1 fully saturated rings. The maximum absolute atomic E-state index is 13.3. The molecule has 3 nitrogen and oxygen atoms in total. The number of hydrogen-bond donors (Lipinski definition) is 0. The Hall–Kier alpha value is -2.52. The number of piperidine rings is 1. The second kappa shape index (κ2) is 7.16. The van der Waals surface area contributed by atoms with E-state index < -0.39 is 0 Å². The van der Waals surface area contributed by atoms with Gasteiger partial charge in [-0.2, -0.15) is 0 Å². The quantitative estimate of drug-likeness (QED) is 0.653. The van der Waals surface area contributed by atoms with Gasteiger partial charge in [0.2, 0.25) is 0 Å². The van der Waals surface area contributed by atoms with E-state index in [0.29, 0.717) is 0 Å². The number of para-hydroxylation sites is 1. The standard InChI is InChI=1S/C22H22N2O/c25-22(18-10-3-1-4-11-18)21(24-15-7-2-8-16-24)20-14-13-17-9-5-6-12-19(17)23-20/h1,3-6,9-14,21H,2,7-8,15-16H2. The van der Waals surface area contributed by atoms with E-state index in [4.69, 9.17) is 4.98 Å². The molecule has 1 aliphatic heterocycles. The Balaban J connectivity index is 1.76. The Kier molecular flexibility index (Phi) is 4.57. The third-order valence-corrected chi connectivity index (χ3v) is 4.96. The van der Waals surface area contributed by atoms with Crippen LogP contribution in [0.1, 0.15) is 41.4 Å². The van der Waals surface area contributed by atoms with Crippen LogP contribution in [-0.4, -0.2) is 28.8 Å². The number of fused-ring (bicyclic) bond motifs is 1. The second-order valence-electron chi connectivity index (χ2n) is 6.66. The average Bonchev–Trinajstić information content (AvgIpc) is 2.69. The van der Waals surface area contributed by atoms with Crippen molar-refractivity contribution in [3.63, 3.8) is 0 Å². The Labute approximate surface area is 148 Å². The first-order chi connectivity index (χ1) is 12.3. The molecule has 1 aliphatic rings. The zero-order chi connectivity index (χ0) is 17.1. The number of nitrogens with zero attached hydrogens (tertiary/aromatic N) is 2. The molecule has 4 rings (SSSR count). The molecule has 25 heavy (non-hydrogen) atoms. The fourth-order valence-corrected chi connectivity index (χ4v) is 3.66. The molecule has 1 saturated heterocycles. The molecule has 1 unspecified atom stereocenters. The van der Waals surface area contributed by atoms with Gasteiger partial charge in [-0.25, -0.2) is 0 Å². The number of Topliss-reactive ketones (excluding diaryl/α,β-unsaturated/α-hetero) is 1. The van der Waals surface area contributed by atoms with Crippen LogP contribution in [-0.2, 0) is 0 Å². The van der Waals surface area contributed by atoms with E-state index >= 15 is 0 Å². The lowest BCUT2D eigenvalue weighted by Crippen LogP contribution is -2.38. The summed E-state index contributed by atoms with van der Waals surface area (Å²) in [4.78, 5) is 20.4. The van der Waals surface area contributed by atoms with Crippen molar-refractivity contribution in [1.82, 2.24) is 9.88 Å². The molecule has 0 saturated carbocycles. The number of hydrogen-bond acceptors (Lipinski definition) is 3. The van der Waals surface area contributed by atoms with Crippen molar-refractivity contribution < 1.29 is 4.79 Å². The lowest BCUT2D eigenvalue weighted by atomic mass is 9.96. The molecule has 0 aliphatic carbocycles.